The molecule has 0 amide bonds. The third kappa shape index (κ3) is 2.77. The summed E-state index contributed by atoms with van der Waals surface area (Å²) in [6.45, 7) is 1.06. The van der Waals surface area contributed by atoms with Gasteiger partial charge in [-0.05, 0) is 24.3 Å². The molecule has 3 nitrogen and oxygen atoms in total. The van der Waals surface area contributed by atoms with Crippen molar-refractivity contribution in [1.82, 2.24) is 10.3 Å². The van der Waals surface area contributed by atoms with E-state index in [2.05, 4.69) is 38.8 Å². The van der Waals surface area contributed by atoms with Gasteiger partial charge in [0.15, 0.2) is 5.76 Å². The van der Waals surface area contributed by atoms with Crippen LogP contribution in [-0.2, 0) is 0 Å². The standard InChI is InChI=1S/C15H13BrN2OS2/c16-10-1-2-13-9(5-10)6-14(19-13)11-8-21-15(18-11)12-7-20-4-3-17-12/h1-2,5-6,8,12,17H,3-4,7H2. The Morgan fingerprint density at radius 2 is 2.29 bits per heavy atom. The van der Waals surface area contributed by atoms with E-state index in [1.165, 1.54) is 5.75 Å². The molecule has 1 aliphatic heterocycles. The van der Waals surface area contributed by atoms with E-state index in [1.54, 1.807) is 11.3 Å². The van der Waals surface area contributed by atoms with Crippen LogP contribution in [0.1, 0.15) is 11.0 Å². The molecule has 1 fully saturated rings. The molecule has 1 atom stereocenters. The van der Waals surface area contributed by atoms with Crippen molar-refractivity contribution in [2.45, 2.75) is 6.04 Å². The molecule has 0 saturated carbocycles. The van der Waals surface area contributed by atoms with Gasteiger partial charge in [0.2, 0.25) is 0 Å². The molecule has 0 aliphatic carbocycles. The monoisotopic (exact) mass is 380 g/mol. The second kappa shape index (κ2) is 5.76. The van der Waals surface area contributed by atoms with Crippen LogP contribution < -0.4 is 5.32 Å². The van der Waals surface area contributed by atoms with Crippen molar-refractivity contribution in [3.63, 3.8) is 0 Å². The molecule has 0 spiro atoms. The molecule has 6 heteroatoms. The van der Waals surface area contributed by atoms with Crippen molar-refractivity contribution in [2.24, 2.45) is 0 Å². The summed E-state index contributed by atoms with van der Waals surface area (Å²) in [5.41, 5.74) is 1.83. The summed E-state index contributed by atoms with van der Waals surface area (Å²) in [6, 6.07) is 8.47. The minimum Gasteiger partial charge on any atom is -0.454 e. The van der Waals surface area contributed by atoms with Crippen molar-refractivity contribution in [3.8, 4) is 11.5 Å². The fourth-order valence-corrected chi connectivity index (χ4v) is 4.73. The Morgan fingerprint density at radius 3 is 3.14 bits per heavy atom. The Hall–Kier alpha value is -0.820. The maximum absolute atomic E-state index is 5.91. The number of thioether (sulfide) groups is 1. The van der Waals surface area contributed by atoms with E-state index in [0.717, 1.165) is 44.2 Å². The van der Waals surface area contributed by atoms with Crippen molar-refractivity contribution in [3.05, 3.63) is 39.1 Å². The van der Waals surface area contributed by atoms with Crippen LogP contribution in [0, 0.1) is 0 Å². The number of nitrogens with one attached hydrogen (secondary N) is 1. The first-order chi connectivity index (χ1) is 10.3. The van der Waals surface area contributed by atoms with Gasteiger partial charge in [-0.3, -0.25) is 0 Å². The zero-order valence-electron chi connectivity index (χ0n) is 11.1. The highest BCUT2D eigenvalue weighted by Gasteiger charge is 2.19. The summed E-state index contributed by atoms with van der Waals surface area (Å²) >= 11 is 7.18. The highest BCUT2D eigenvalue weighted by Crippen LogP contribution is 2.32. The molecule has 3 heterocycles. The summed E-state index contributed by atoms with van der Waals surface area (Å²) in [5.74, 6) is 3.13. The number of thiazole rings is 1. The van der Waals surface area contributed by atoms with Crippen LogP contribution in [0.25, 0.3) is 22.4 Å². The van der Waals surface area contributed by atoms with Crippen LogP contribution >= 0.6 is 39.0 Å². The average molecular weight is 381 g/mol. The molecule has 21 heavy (non-hydrogen) atoms. The fraction of sp³-hybridized carbons (Fsp3) is 0.267. The summed E-state index contributed by atoms with van der Waals surface area (Å²) in [7, 11) is 0. The van der Waals surface area contributed by atoms with E-state index in [-0.39, 0.29) is 0 Å². The minimum atomic E-state index is 0.376. The number of nitrogens with zero attached hydrogens (tertiary/aromatic N) is 1. The second-order valence-corrected chi connectivity index (χ2v) is 7.90. The second-order valence-electron chi connectivity index (χ2n) is 4.95. The predicted molar refractivity (Wildman–Crippen MR) is 93.1 cm³/mol. The van der Waals surface area contributed by atoms with Crippen molar-refractivity contribution in [1.29, 1.82) is 0 Å². The highest BCUT2D eigenvalue weighted by molar-refractivity contribution is 9.10. The molecule has 108 valence electrons. The molecule has 2 aromatic heterocycles. The van der Waals surface area contributed by atoms with Crippen LogP contribution in [0.2, 0.25) is 0 Å². The lowest BCUT2D eigenvalue weighted by Crippen LogP contribution is -2.30. The van der Waals surface area contributed by atoms with Gasteiger partial charge in [0.05, 0.1) is 6.04 Å². The smallest absolute Gasteiger partial charge is 0.154 e. The first kappa shape index (κ1) is 13.8. The molecule has 1 unspecified atom stereocenters. The molecule has 0 radical (unpaired) electrons. The lowest BCUT2D eigenvalue weighted by Gasteiger charge is -2.20. The molecule has 0 bridgehead atoms. The van der Waals surface area contributed by atoms with Gasteiger partial charge in [0, 0.05) is 33.3 Å². The Balaban J connectivity index is 1.67. The van der Waals surface area contributed by atoms with Gasteiger partial charge in [-0.15, -0.1) is 11.3 Å². The summed E-state index contributed by atoms with van der Waals surface area (Å²) < 4.78 is 6.97. The van der Waals surface area contributed by atoms with E-state index >= 15 is 0 Å². The van der Waals surface area contributed by atoms with Crippen LogP contribution in [0.3, 0.4) is 0 Å². The predicted octanol–water partition coefficient (Wildman–Crippen LogP) is 4.70. The number of furan rings is 1. The molecule has 1 N–H and O–H groups in total. The zero-order valence-corrected chi connectivity index (χ0v) is 14.4. The largest absolute Gasteiger partial charge is 0.454 e. The highest BCUT2D eigenvalue weighted by atomic mass is 79.9. The van der Waals surface area contributed by atoms with E-state index < -0.39 is 0 Å². The van der Waals surface area contributed by atoms with Crippen LogP contribution in [0.4, 0.5) is 0 Å². The van der Waals surface area contributed by atoms with Gasteiger partial charge in [0.25, 0.3) is 0 Å². The SMILES string of the molecule is Brc1ccc2oc(-c3csc(C4CSCCN4)n3)cc2c1. The molecule has 1 saturated heterocycles. The first-order valence-corrected chi connectivity index (χ1v) is 9.58. The Bertz CT molecular complexity index is 777. The van der Waals surface area contributed by atoms with Crippen molar-refractivity contribution < 1.29 is 4.42 Å². The number of rotatable bonds is 2. The Morgan fingerprint density at radius 1 is 1.33 bits per heavy atom. The van der Waals surface area contributed by atoms with Crippen molar-refractivity contribution >= 4 is 50.0 Å². The van der Waals surface area contributed by atoms with Gasteiger partial charge in [0.1, 0.15) is 16.3 Å². The summed E-state index contributed by atoms with van der Waals surface area (Å²) in [5, 5.41) is 7.86. The minimum absolute atomic E-state index is 0.376. The summed E-state index contributed by atoms with van der Waals surface area (Å²) in [4.78, 5) is 4.76. The van der Waals surface area contributed by atoms with Gasteiger partial charge in [-0.25, -0.2) is 4.98 Å². The fourth-order valence-electron chi connectivity index (χ4n) is 2.43. The quantitative estimate of drug-likeness (QED) is 0.699. The van der Waals surface area contributed by atoms with E-state index in [4.69, 9.17) is 9.40 Å². The molecule has 3 aromatic rings. The molecule has 1 aromatic carbocycles. The lowest BCUT2D eigenvalue weighted by molar-refractivity contribution is 0.590. The van der Waals surface area contributed by atoms with Crippen molar-refractivity contribution in [2.75, 3.05) is 18.1 Å². The Labute approximate surface area is 139 Å². The number of benzene rings is 1. The number of fused-ring (bicyclic) bond motifs is 1. The van der Waals surface area contributed by atoms with Gasteiger partial charge < -0.3 is 9.73 Å². The van der Waals surface area contributed by atoms with Gasteiger partial charge in [-0.2, -0.15) is 11.8 Å². The normalized spacial score (nSPS) is 19.2. The third-order valence-electron chi connectivity index (χ3n) is 3.47. The van der Waals surface area contributed by atoms with E-state index in [9.17, 15) is 0 Å². The van der Waals surface area contributed by atoms with Crippen LogP contribution in [0.15, 0.2) is 38.5 Å². The molecule has 4 rings (SSSR count). The van der Waals surface area contributed by atoms with E-state index in [0.29, 0.717) is 6.04 Å². The van der Waals surface area contributed by atoms with Gasteiger partial charge in [-0.1, -0.05) is 15.9 Å². The number of hydrogen-bond acceptors (Lipinski definition) is 5. The molecule has 1 aliphatic rings. The zero-order chi connectivity index (χ0) is 14.2. The average Bonchev–Trinajstić information content (AvgIpc) is 3.14. The molecular formula is C15H13BrN2OS2. The third-order valence-corrected chi connectivity index (χ3v) is 5.99. The van der Waals surface area contributed by atoms with Crippen LogP contribution in [0.5, 0.6) is 0 Å². The maximum atomic E-state index is 5.91. The van der Waals surface area contributed by atoms with Crippen LogP contribution in [-0.4, -0.2) is 23.0 Å². The topological polar surface area (TPSA) is 38.1 Å². The Kier molecular flexibility index (Phi) is 3.79. The number of aromatic nitrogens is 1. The lowest BCUT2D eigenvalue weighted by atomic mass is 10.2. The summed E-state index contributed by atoms with van der Waals surface area (Å²) in [6.07, 6.45) is 0. The molecular weight excluding hydrogens is 368 g/mol. The number of halogens is 1. The van der Waals surface area contributed by atoms with Gasteiger partial charge >= 0.3 is 0 Å². The first-order valence-electron chi connectivity index (χ1n) is 6.75. The maximum Gasteiger partial charge on any atom is 0.154 e. The number of hydrogen-bond donors (Lipinski definition) is 1. The van der Waals surface area contributed by atoms with E-state index in [1.807, 2.05) is 23.9 Å².